The summed E-state index contributed by atoms with van der Waals surface area (Å²) in [6.45, 7) is 4.59. The lowest BCUT2D eigenvalue weighted by molar-refractivity contribution is 0.308. The minimum Gasteiger partial charge on any atom is -0.493 e. The molecule has 0 aliphatic heterocycles. The summed E-state index contributed by atoms with van der Waals surface area (Å²) in [5.74, 6) is 0.351. The third-order valence-corrected chi connectivity index (χ3v) is 5.05. The van der Waals surface area contributed by atoms with Gasteiger partial charge in [0.1, 0.15) is 17.9 Å². The highest BCUT2D eigenvalue weighted by Gasteiger charge is 2.18. The summed E-state index contributed by atoms with van der Waals surface area (Å²) in [6, 6.07) is 14.2. The molecule has 2 aromatic heterocycles. The smallest absolute Gasteiger partial charge is 0.260 e. The van der Waals surface area contributed by atoms with Crippen molar-refractivity contribution in [2.45, 2.75) is 26.7 Å². The monoisotopic (exact) mass is 418 g/mol. The zero-order valence-corrected chi connectivity index (χ0v) is 17.4. The van der Waals surface area contributed by atoms with Gasteiger partial charge >= 0.3 is 0 Å². The summed E-state index contributed by atoms with van der Waals surface area (Å²) >= 11 is 0. The molecule has 0 bridgehead atoms. The van der Waals surface area contributed by atoms with Gasteiger partial charge in [-0.25, -0.2) is 9.37 Å². The molecule has 31 heavy (non-hydrogen) atoms. The normalized spacial score (nSPS) is 10.9. The molecule has 0 spiro atoms. The van der Waals surface area contributed by atoms with Gasteiger partial charge in [-0.3, -0.25) is 9.89 Å². The van der Waals surface area contributed by atoms with Gasteiger partial charge in [-0.2, -0.15) is 5.10 Å². The molecule has 4 aromatic rings. The average Bonchev–Trinajstić information content (AvgIpc) is 3.28. The third kappa shape index (κ3) is 4.40. The van der Waals surface area contributed by atoms with E-state index < -0.39 is 5.82 Å². The SMILES string of the molecule is CCCCOc1ccc(-c2cc(-c3ccc(C)cc3)c(-c3ncn[nH]3)c(=O)[nH]2)c(F)c1. The molecule has 2 N–H and O–H groups in total. The van der Waals surface area contributed by atoms with Crippen LogP contribution in [0, 0.1) is 12.7 Å². The number of benzene rings is 2. The topological polar surface area (TPSA) is 83.7 Å². The number of hydrogen-bond donors (Lipinski definition) is 2. The van der Waals surface area contributed by atoms with E-state index in [4.69, 9.17) is 4.74 Å². The van der Waals surface area contributed by atoms with Crippen molar-refractivity contribution in [2.75, 3.05) is 6.61 Å². The van der Waals surface area contributed by atoms with Gasteiger partial charge in [0.25, 0.3) is 5.56 Å². The van der Waals surface area contributed by atoms with Gasteiger partial charge in [-0.05, 0) is 37.1 Å². The number of H-pyrrole nitrogens is 2. The molecule has 2 heterocycles. The van der Waals surface area contributed by atoms with Crippen LogP contribution >= 0.6 is 0 Å². The van der Waals surface area contributed by atoms with Crippen LogP contribution in [0.1, 0.15) is 25.3 Å². The van der Waals surface area contributed by atoms with Gasteiger partial charge in [-0.15, -0.1) is 0 Å². The lowest BCUT2D eigenvalue weighted by Crippen LogP contribution is -2.13. The van der Waals surface area contributed by atoms with Crippen molar-refractivity contribution < 1.29 is 9.13 Å². The number of aryl methyl sites for hydroxylation is 1. The second-order valence-corrected chi connectivity index (χ2v) is 7.34. The molecule has 0 aliphatic carbocycles. The molecule has 0 unspecified atom stereocenters. The van der Waals surface area contributed by atoms with E-state index in [2.05, 4.69) is 27.1 Å². The zero-order chi connectivity index (χ0) is 21.8. The number of pyridine rings is 1. The molecule has 0 saturated carbocycles. The molecule has 7 heteroatoms. The van der Waals surface area contributed by atoms with Crippen LogP contribution in [-0.2, 0) is 0 Å². The molecule has 0 atom stereocenters. The number of nitrogens with zero attached hydrogens (tertiary/aromatic N) is 2. The Bertz CT molecular complexity index is 1230. The third-order valence-electron chi connectivity index (χ3n) is 5.05. The largest absolute Gasteiger partial charge is 0.493 e. The number of aromatic nitrogens is 4. The number of halogens is 1. The van der Waals surface area contributed by atoms with Gasteiger partial charge in [0.2, 0.25) is 0 Å². The fourth-order valence-corrected chi connectivity index (χ4v) is 3.37. The van der Waals surface area contributed by atoms with Crippen molar-refractivity contribution in [1.29, 1.82) is 0 Å². The Balaban J connectivity index is 1.81. The second kappa shape index (κ2) is 8.95. The fourth-order valence-electron chi connectivity index (χ4n) is 3.37. The Hall–Kier alpha value is -3.74. The van der Waals surface area contributed by atoms with E-state index in [0.29, 0.717) is 35.0 Å². The van der Waals surface area contributed by atoms with Crippen LogP contribution in [-0.4, -0.2) is 26.8 Å². The van der Waals surface area contributed by atoms with Crippen molar-refractivity contribution >= 4 is 0 Å². The maximum atomic E-state index is 14.9. The summed E-state index contributed by atoms with van der Waals surface area (Å²) in [5, 5.41) is 6.61. The van der Waals surface area contributed by atoms with Crippen LogP contribution < -0.4 is 10.3 Å². The van der Waals surface area contributed by atoms with Crippen molar-refractivity contribution in [1.82, 2.24) is 20.2 Å². The Kier molecular flexibility index (Phi) is 5.93. The predicted octanol–water partition coefficient (Wildman–Crippen LogP) is 5.12. The minimum atomic E-state index is -0.466. The van der Waals surface area contributed by atoms with Gasteiger partial charge in [0, 0.05) is 17.2 Å². The lowest BCUT2D eigenvalue weighted by Gasteiger charge is -2.12. The molecule has 0 saturated heterocycles. The minimum absolute atomic E-state index is 0.289. The number of ether oxygens (including phenoxy) is 1. The summed E-state index contributed by atoms with van der Waals surface area (Å²) in [6.07, 6.45) is 3.25. The number of nitrogens with one attached hydrogen (secondary N) is 2. The first kappa shape index (κ1) is 20.5. The van der Waals surface area contributed by atoms with Crippen LogP contribution in [0.3, 0.4) is 0 Å². The van der Waals surface area contributed by atoms with E-state index in [-0.39, 0.29) is 11.1 Å². The second-order valence-electron chi connectivity index (χ2n) is 7.34. The highest BCUT2D eigenvalue weighted by atomic mass is 19.1. The molecule has 0 radical (unpaired) electrons. The van der Waals surface area contributed by atoms with E-state index >= 15 is 0 Å². The molecule has 4 rings (SSSR count). The lowest BCUT2D eigenvalue weighted by atomic mass is 9.97. The average molecular weight is 418 g/mol. The summed E-state index contributed by atoms with van der Waals surface area (Å²) < 4.78 is 20.5. The van der Waals surface area contributed by atoms with Gasteiger partial charge in [0.15, 0.2) is 5.82 Å². The van der Waals surface area contributed by atoms with Crippen LogP contribution in [0.4, 0.5) is 4.39 Å². The number of aromatic amines is 2. The van der Waals surface area contributed by atoms with Gasteiger partial charge < -0.3 is 9.72 Å². The first-order valence-electron chi connectivity index (χ1n) is 10.2. The van der Waals surface area contributed by atoms with E-state index in [1.54, 1.807) is 18.2 Å². The van der Waals surface area contributed by atoms with E-state index in [1.165, 1.54) is 12.4 Å². The molecule has 0 fully saturated rings. The van der Waals surface area contributed by atoms with Crippen LogP contribution in [0.25, 0.3) is 33.8 Å². The van der Waals surface area contributed by atoms with Crippen molar-refractivity contribution in [3.05, 3.63) is 76.6 Å². The van der Waals surface area contributed by atoms with Gasteiger partial charge in [-0.1, -0.05) is 43.2 Å². The summed E-state index contributed by atoms with van der Waals surface area (Å²) in [7, 11) is 0. The van der Waals surface area contributed by atoms with Crippen molar-refractivity contribution in [2.24, 2.45) is 0 Å². The van der Waals surface area contributed by atoms with Crippen LogP contribution in [0.15, 0.2) is 59.7 Å². The Morgan fingerprint density at radius 2 is 1.87 bits per heavy atom. The molecule has 0 aliphatic rings. The first-order valence-corrected chi connectivity index (χ1v) is 10.2. The standard InChI is InChI=1S/C24H23FN4O2/c1-3-4-11-31-17-9-10-18(20(25)12-17)21-13-19(16-7-5-15(2)6-8-16)22(24(30)28-21)23-26-14-27-29-23/h5-10,12-14H,3-4,11H2,1-2H3,(H,28,30)(H,26,27,29). The maximum Gasteiger partial charge on any atom is 0.260 e. The quantitative estimate of drug-likeness (QED) is 0.408. The van der Waals surface area contributed by atoms with Crippen molar-refractivity contribution in [3.8, 4) is 39.5 Å². The Morgan fingerprint density at radius 1 is 1.06 bits per heavy atom. The molecule has 2 aromatic carbocycles. The van der Waals surface area contributed by atoms with E-state index in [9.17, 15) is 9.18 Å². The number of unbranched alkanes of at least 4 members (excludes halogenated alkanes) is 1. The fraction of sp³-hybridized carbons (Fsp3) is 0.208. The first-order chi connectivity index (χ1) is 15.1. The van der Waals surface area contributed by atoms with E-state index in [1.807, 2.05) is 31.2 Å². The number of hydrogen-bond acceptors (Lipinski definition) is 4. The Morgan fingerprint density at radius 3 is 2.55 bits per heavy atom. The predicted molar refractivity (Wildman–Crippen MR) is 118 cm³/mol. The Labute approximate surface area is 179 Å². The van der Waals surface area contributed by atoms with Crippen molar-refractivity contribution in [3.63, 3.8) is 0 Å². The molecule has 6 nitrogen and oxygen atoms in total. The van der Waals surface area contributed by atoms with Crippen LogP contribution in [0.2, 0.25) is 0 Å². The molecular formula is C24H23FN4O2. The molecular weight excluding hydrogens is 395 g/mol. The van der Waals surface area contributed by atoms with E-state index in [0.717, 1.165) is 24.0 Å². The highest BCUT2D eigenvalue weighted by molar-refractivity contribution is 5.83. The summed E-state index contributed by atoms with van der Waals surface area (Å²) in [4.78, 5) is 20.0. The molecule has 158 valence electrons. The summed E-state index contributed by atoms with van der Waals surface area (Å²) in [5.41, 5.74) is 3.19. The van der Waals surface area contributed by atoms with Gasteiger partial charge in [0.05, 0.1) is 17.9 Å². The van der Waals surface area contributed by atoms with Crippen LogP contribution in [0.5, 0.6) is 5.75 Å². The highest BCUT2D eigenvalue weighted by Crippen LogP contribution is 2.32. The molecule has 0 amide bonds. The maximum absolute atomic E-state index is 14.9. The number of rotatable bonds is 7. The zero-order valence-electron chi connectivity index (χ0n) is 17.4.